The second-order valence-electron chi connectivity index (χ2n) is 9.10. The van der Waals surface area contributed by atoms with Gasteiger partial charge in [-0.3, -0.25) is 20.2 Å². The normalized spacial score (nSPS) is 14.7. The molecular weight excluding hydrogens is 450 g/mol. The number of nitrogens with one attached hydrogen (secondary N) is 2. The smallest absolute Gasteiger partial charge is 0.324 e. The molecule has 2 N–H and O–H groups in total. The molecule has 0 radical (unpaired) electrons. The molecule has 8 nitrogen and oxygen atoms in total. The summed E-state index contributed by atoms with van der Waals surface area (Å²) >= 11 is 6.15. The molecule has 0 unspecified atom stereocenters. The number of urea groups is 1. The number of hydrogen-bond donors (Lipinski definition) is 2. The summed E-state index contributed by atoms with van der Waals surface area (Å²) in [6.45, 7) is 9.26. The van der Waals surface area contributed by atoms with Gasteiger partial charge in [0, 0.05) is 57.0 Å². The number of likely N-dealkylation sites (tertiary alicyclic amines) is 1. The molecular formula is C25H32ClN7O. The first-order valence-electron chi connectivity index (χ1n) is 11.7. The van der Waals surface area contributed by atoms with Crippen LogP contribution in [0.25, 0.3) is 0 Å². The minimum absolute atomic E-state index is 0.123. The third-order valence-corrected chi connectivity index (χ3v) is 6.60. The van der Waals surface area contributed by atoms with E-state index in [0.29, 0.717) is 42.6 Å². The molecule has 0 aromatic carbocycles. The van der Waals surface area contributed by atoms with E-state index in [1.165, 1.54) is 5.56 Å². The lowest BCUT2D eigenvalue weighted by atomic mass is 9.98. The van der Waals surface area contributed by atoms with Crippen LogP contribution in [0.15, 0.2) is 43.0 Å². The Morgan fingerprint density at radius 3 is 2.65 bits per heavy atom. The summed E-state index contributed by atoms with van der Waals surface area (Å²) in [5.41, 5.74) is 4.47. The molecule has 0 atom stereocenters. The van der Waals surface area contributed by atoms with E-state index in [4.69, 9.17) is 16.6 Å². The summed E-state index contributed by atoms with van der Waals surface area (Å²) < 4.78 is 0. The number of halogens is 1. The first-order valence-corrected chi connectivity index (χ1v) is 12.1. The number of nitrogens with zero attached hydrogens (tertiary/aromatic N) is 5. The number of piperidine rings is 1. The number of aromatic nitrogens is 4. The Labute approximate surface area is 205 Å². The van der Waals surface area contributed by atoms with Crippen LogP contribution in [0.5, 0.6) is 0 Å². The molecule has 2 amide bonds. The molecule has 0 aliphatic carbocycles. The van der Waals surface area contributed by atoms with E-state index in [1.54, 1.807) is 18.6 Å². The number of carbonyl (C=O) groups excluding carboxylic acids is 1. The number of amides is 2. The molecule has 1 saturated heterocycles. The molecule has 9 heteroatoms. The summed E-state index contributed by atoms with van der Waals surface area (Å²) in [7, 11) is 0. The van der Waals surface area contributed by atoms with Gasteiger partial charge < -0.3 is 9.88 Å². The lowest BCUT2D eigenvalue weighted by molar-refractivity contribution is 0.106. The van der Waals surface area contributed by atoms with Crippen LogP contribution >= 0.6 is 11.6 Å². The molecule has 3 aromatic rings. The van der Waals surface area contributed by atoms with Gasteiger partial charge in [-0.2, -0.15) is 0 Å². The largest absolute Gasteiger partial charge is 0.331 e. The molecule has 0 spiro atoms. The Kier molecular flexibility index (Phi) is 7.80. The van der Waals surface area contributed by atoms with Crippen LogP contribution in [0.4, 0.5) is 10.7 Å². The number of hydrogen-bond acceptors (Lipinski definition) is 5. The highest BCUT2D eigenvalue weighted by atomic mass is 35.5. The van der Waals surface area contributed by atoms with E-state index in [2.05, 4.69) is 45.1 Å². The summed E-state index contributed by atoms with van der Waals surface area (Å²) in [5, 5.41) is 3.47. The van der Waals surface area contributed by atoms with Gasteiger partial charge in [0.15, 0.2) is 0 Å². The standard InChI is InChI=1S/C25H32ClN7O/c1-17(2)21-5-4-8-27-23(21)16-33(15-22-18(3)13-19(26)14-30-22)20-6-11-32(12-7-20)25(34)31-24-28-9-10-29-24/h4-5,8-10,13-14,17,20H,6-7,11-12,15-16H2,1-3H3,(H2,28,29,31,34). The Bertz CT molecular complexity index is 1090. The maximum Gasteiger partial charge on any atom is 0.324 e. The van der Waals surface area contributed by atoms with Gasteiger partial charge in [0.1, 0.15) is 0 Å². The average Bonchev–Trinajstić information content (AvgIpc) is 3.33. The highest BCUT2D eigenvalue weighted by Gasteiger charge is 2.29. The zero-order chi connectivity index (χ0) is 24.1. The van der Waals surface area contributed by atoms with Gasteiger partial charge in [-0.1, -0.05) is 31.5 Å². The lowest BCUT2D eigenvalue weighted by Gasteiger charge is -2.38. The molecule has 4 rings (SSSR count). The topological polar surface area (TPSA) is 90.0 Å². The van der Waals surface area contributed by atoms with Crippen molar-refractivity contribution in [3.8, 4) is 0 Å². The van der Waals surface area contributed by atoms with Crippen LogP contribution in [-0.2, 0) is 13.1 Å². The molecule has 1 fully saturated rings. The first-order chi connectivity index (χ1) is 16.4. The number of aryl methyl sites for hydroxylation is 1. The van der Waals surface area contributed by atoms with Gasteiger partial charge in [-0.25, -0.2) is 9.78 Å². The molecule has 0 saturated carbocycles. The Morgan fingerprint density at radius 2 is 1.97 bits per heavy atom. The molecule has 34 heavy (non-hydrogen) atoms. The second-order valence-corrected chi connectivity index (χ2v) is 9.54. The van der Waals surface area contributed by atoms with E-state index >= 15 is 0 Å². The number of pyridine rings is 2. The van der Waals surface area contributed by atoms with Crippen molar-refractivity contribution in [1.29, 1.82) is 0 Å². The quantitative estimate of drug-likeness (QED) is 0.496. The Morgan fingerprint density at radius 1 is 1.21 bits per heavy atom. The Balaban J connectivity index is 1.49. The van der Waals surface area contributed by atoms with Gasteiger partial charge in [-0.05, 0) is 48.9 Å². The van der Waals surface area contributed by atoms with Crippen LogP contribution in [0, 0.1) is 6.92 Å². The highest BCUT2D eigenvalue weighted by molar-refractivity contribution is 6.30. The van der Waals surface area contributed by atoms with Gasteiger partial charge in [-0.15, -0.1) is 0 Å². The minimum Gasteiger partial charge on any atom is -0.331 e. The maximum atomic E-state index is 12.6. The number of H-pyrrole nitrogens is 1. The third-order valence-electron chi connectivity index (χ3n) is 6.40. The molecule has 1 aliphatic heterocycles. The fourth-order valence-corrected chi connectivity index (χ4v) is 4.70. The Hall–Kier alpha value is -2.97. The van der Waals surface area contributed by atoms with Crippen molar-refractivity contribution in [1.82, 2.24) is 29.7 Å². The summed E-state index contributed by atoms with van der Waals surface area (Å²) in [6, 6.07) is 6.32. The van der Waals surface area contributed by atoms with E-state index in [9.17, 15) is 4.79 Å². The van der Waals surface area contributed by atoms with Gasteiger partial charge in [0.05, 0.1) is 16.4 Å². The highest BCUT2D eigenvalue weighted by Crippen LogP contribution is 2.25. The van der Waals surface area contributed by atoms with E-state index in [1.807, 2.05) is 30.2 Å². The van der Waals surface area contributed by atoms with Crippen molar-refractivity contribution in [2.24, 2.45) is 0 Å². The minimum atomic E-state index is -0.123. The van der Waals surface area contributed by atoms with Gasteiger partial charge in [0.25, 0.3) is 0 Å². The second kappa shape index (κ2) is 11.0. The molecule has 4 heterocycles. The predicted molar refractivity (Wildman–Crippen MR) is 134 cm³/mol. The SMILES string of the molecule is Cc1cc(Cl)cnc1CN(Cc1ncccc1C(C)C)C1CCN(C(=O)Nc2ncc[nH]2)CC1. The summed E-state index contributed by atoms with van der Waals surface area (Å²) in [4.78, 5) is 33.3. The average molecular weight is 482 g/mol. The van der Waals surface area contributed by atoms with Crippen molar-refractivity contribution in [3.63, 3.8) is 0 Å². The zero-order valence-electron chi connectivity index (χ0n) is 20.0. The van der Waals surface area contributed by atoms with Crippen molar-refractivity contribution in [2.75, 3.05) is 18.4 Å². The number of aromatic amines is 1. The monoisotopic (exact) mass is 481 g/mol. The van der Waals surface area contributed by atoms with Crippen molar-refractivity contribution < 1.29 is 4.79 Å². The number of anilines is 1. The van der Waals surface area contributed by atoms with E-state index in [-0.39, 0.29) is 6.03 Å². The predicted octanol–water partition coefficient (Wildman–Crippen LogP) is 4.98. The van der Waals surface area contributed by atoms with Crippen molar-refractivity contribution in [3.05, 3.63) is 70.5 Å². The number of imidazole rings is 1. The van der Waals surface area contributed by atoms with Crippen LogP contribution in [0.2, 0.25) is 5.02 Å². The molecule has 0 bridgehead atoms. The van der Waals surface area contributed by atoms with Crippen LogP contribution in [0.1, 0.15) is 55.1 Å². The molecule has 180 valence electrons. The fourth-order valence-electron chi connectivity index (χ4n) is 4.49. The third kappa shape index (κ3) is 5.93. The van der Waals surface area contributed by atoms with Crippen molar-refractivity contribution >= 4 is 23.6 Å². The first kappa shape index (κ1) is 24.2. The zero-order valence-corrected chi connectivity index (χ0v) is 20.7. The van der Waals surface area contributed by atoms with Crippen LogP contribution < -0.4 is 5.32 Å². The fraction of sp³-hybridized carbons (Fsp3) is 0.440. The summed E-state index contributed by atoms with van der Waals surface area (Å²) in [6.07, 6.45) is 8.64. The number of rotatable bonds is 7. The van der Waals surface area contributed by atoms with Gasteiger partial charge in [0.2, 0.25) is 5.95 Å². The summed E-state index contributed by atoms with van der Waals surface area (Å²) in [5.74, 6) is 0.863. The van der Waals surface area contributed by atoms with Crippen LogP contribution in [-0.4, -0.2) is 54.9 Å². The molecule has 1 aliphatic rings. The van der Waals surface area contributed by atoms with E-state index in [0.717, 1.165) is 36.3 Å². The molecule has 3 aromatic heterocycles. The lowest BCUT2D eigenvalue weighted by Crippen LogP contribution is -2.47. The maximum absolute atomic E-state index is 12.6. The van der Waals surface area contributed by atoms with Gasteiger partial charge >= 0.3 is 6.03 Å². The number of carbonyl (C=O) groups is 1. The van der Waals surface area contributed by atoms with Crippen LogP contribution in [0.3, 0.4) is 0 Å². The van der Waals surface area contributed by atoms with E-state index < -0.39 is 0 Å². The van der Waals surface area contributed by atoms with Crippen molar-refractivity contribution in [2.45, 2.75) is 58.7 Å².